The summed E-state index contributed by atoms with van der Waals surface area (Å²) in [5.74, 6) is 0.531. The maximum atomic E-state index is 12.6. The average molecular weight is 284 g/mol. The Bertz CT molecular complexity index is 549. The molecule has 1 aromatic carbocycles. The topological polar surface area (TPSA) is 40.6 Å². The zero-order valence-corrected chi connectivity index (χ0v) is 12.1. The third-order valence-corrected chi connectivity index (χ3v) is 5.19. The van der Waals surface area contributed by atoms with E-state index in [-0.39, 0.29) is 18.0 Å². The van der Waals surface area contributed by atoms with Gasteiger partial charge in [0.25, 0.3) is 5.91 Å². The van der Waals surface area contributed by atoms with Gasteiger partial charge in [-0.1, -0.05) is 37.1 Å². The molecule has 0 aromatic heterocycles. The second-order valence-corrected chi connectivity index (χ2v) is 6.50. The fourth-order valence-corrected chi connectivity index (χ4v) is 3.99. The molecule has 4 rings (SSSR count). The van der Waals surface area contributed by atoms with E-state index in [1.54, 1.807) is 4.90 Å². The van der Waals surface area contributed by atoms with Gasteiger partial charge in [0.2, 0.25) is 0 Å². The minimum absolute atomic E-state index is 0.0152. The molecule has 4 nitrogen and oxygen atoms in total. The molecule has 1 atom stereocenters. The van der Waals surface area contributed by atoms with Crippen LogP contribution in [0.25, 0.3) is 0 Å². The van der Waals surface area contributed by atoms with Crippen LogP contribution in [0, 0.1) is 5.92 Å². The van der Waals surface area contributed by atoms with Crippen molar-refractivity contribution in [3.63, 3.8) is 0 Å². The third-order valence-electron chi connectivity index (χ3n) is 5.19. The van der Waals surface area contributed by atoms with Crippen molar-refractivity contribution in [2.24, 2.45) is 5.92 Å². The number of hydrogen-bond acceptors (Lipinski definition) is 2. The molecule has 2 aliphatic heterocycles. The van der Waals surface area contributed by atoms with Crippen molar-refractivity contribution in [1.82, 2.24) is 9.80 Å². The van der Waals surface area contributed by atoms with Crippen LogP contribution in [0.4, 0.5) is 4.79 Å². The quantitative estimate of drug-likeness (QED) is 0.783. The fourth-order valence-electron chi connectivity index (χ4n) is 3.99. The smallest absolute Gasteiger partial charge is 0.308 e. The lowest BCUT2D eigenvalue weighted by Gasteiger charge is -2.28. The third kappa shape index (κ3) is 2.04. The maximum absolute atomic E-state index is 12.6. The predicted octanol–water partition coefficient (Wildman–Crippen LogP) is 2.57. The second kappa shape index (κ2) is 4.86. The molecule has 1 saturated carbocycles. The zero-order chi connectivity index (χ0) is 14.4. The van der Waals surface area contributed by atoms with Gasteiger partial charge in [-0.2, -0.15) is 0 Å². The predicted molar refractivity (Wildman–Crippen MR) is 78.5 cm³/mol. The first-order chi connectivity index (χ1) is 10.2. The number of rotatable bonds is 2. The lowest BCUT2D eigenvalue weighted by molar-refractivity contribution is -0.128. The molecule has 0 bridgehead atoms. The molecule has 3 amide bonds. The molecule has 1 unspecified atom stereocenters. The summed E-state index contributed by atoms with van der Waals surface area (Å²) in [6.07, 6.45) is 5.45. The van der Waals surface area contributed by atoms with Crippen LogP contribution in [-0.4, -0.2) is 34.3 Å². The molecule has 3 aliphatic rings. The van der Waals surface area contributed by atoms with E-state index in [0.29, 0.717) is 25.4 Å². The lowest BCUT2D eigenvalue weighted by atomic mass is 9.95. The van der Waals surface area contributed by atoms with Crippen LogP contribution in [0.2, 0.25) is 0 Å². The highest BCUT2D eigenvalue weighted by atomic mass is 16.2. The average Bonchev–Trinajstić information content (AvgIpc) is 3.09. The molecule has 21 heavy (non-hydrogen) atoms. The van der Waals surface area contributed by atoms with Crippen molar-refractivity contribution >= 4 is 11.9 Å². The van der Waals surface area contributed by atoms with Crippen LogP contribution in [0.3, 0.4) is 0 Å². The van der Waals surface area contributed by atoms with Crippen molar-refractivity contribution < 1.29 is 9.59 Å². The minimum atomic E-state index is -0.270. The van der Waals surface area contributed by atoms with Crippen LogP contribution < -0.4 is 0 Å². The van der Waals surface area contributed by atoms with Gasteiger partial charge in [-0.25, -0.2) is 4.79 Å². The largest absolute Gasteiger partial charge is 0.327 e. The van der Waals surface area contributed by atoms with E-state index in [4.69, 9.17) is 0 Å². The Kier molecular flexibility index (Phi) is 2.98. The van der Waals surface area contributed by atoms with Crippen molar-refractivity contribution in [2.45, 2.75) is 44.7 Å². The number of carbonyl (C=O) groups is 2. The maximum Gasteiger partial charge on any atom is 0.327 e. The van der Waals surface area contributed by atoms with Crippen LogP contribution in [0.5, 0.6) is 0 Å². The number of nitrogens with zero attached hydrogens (tertiary/aromatic N) is 2. The van der Waals surface area contributed by atoms with Crippen molar-refractivity contribution in [3.05, 3.63) is 35.4 Å². The van der Waals surface area contributed by atoms with Crippen LogP contribution >= 0.6 is 0 Å². The van der Waals surface area contributed by atoms with Gasteiger partial charge in [0.15, 0.2) is 0 Å². The number of amides is 3. The summed E-state index contributed by atoms with van der Waals surface area (Å²) in [5.41, 5.74) is 2.39. The summed E-state index contributed by atoms with van der Waals surface area (Å²) in [5, 5.41) is 0. The number of urea groups is 1. The van der Waals surface area contributed by atoms with E-state index in [0.717, 1.165) is 12.8 Å². The van der Waals surface area contributed by atoms with Gasteiger partial charge in [0.1, 0.15) is 6.04 Å². The van der Waals surface area contributed by atoms with Gasteiger partial charge in [0, 0.05) is 19.5 Å². The molecule has 110 valence electrons. The van der Waals surface area contributed by atoms with E-state index >= 15 is 0 Å². The van der Waals surface area contributed by atoms with Gasteiger partial charge < -0.3 is 4.90 Å². The number of imide groups is 1. The Hall–Kier alpha value is -1.84. The molecule has 1 saturated heterocycles. The number of benzene rings is 1. The zero-order valence-electron chi connectivity index (χ0n) is 12.1. The van der Waals surface area contributed by atoms with Crippen molar-refractivity contribution in [1.29, 1.82) is 0 Å². The number of carbonyl (C=O) groups excluding carboxylic acids is 2. The number of hydrogen-bond donors (Lipinski definition) is 0. The molecule has 2 fully saturated rings. The fraction of sp³-hybridized carbons (Fsp3) is 0.529. The summed E-state index contributed by atoms with van der Waals surface area (Å²) in [6.45, 7) is 1.20. The minimum Gasteiger partial charge on any atom is -0.308 e. The Morgan fingerprint density at radius 3 is 2.52 bits per heavy atom. The molecular weight excluding hydrogens is 264 g/mol. The molecule has 0 radical (unpaired) electrons. The van der Waals surface area contributed by atoms with Crippen LogP contribution in [-0.2, 0) is 17.8 Å². The Balaban J connectivity index is 1.57. The normalized spacial score (nSPS) is 25.4. The Morgan fingerprint density at radius 1 is 1.05 bits per heavy atom. The van der Waals surface area contributed by atoms with Crippen molar-refractivity contribution in [3.8, 4) is 0 Å². The number of fused-ring (bicyclic) bond motifs is 2. The second-order valence-electron chi connectivity index (χ2n) is 6.50. The molecule has 1 aliphatic carbocycles. The monoisotopic (exact) mass is 284 g/mol. The summed E-state index contributed by atoms with van der Waals surface area (Å²) in [6, 6.07) is 7.79. The van der Waals surface area contributed by atoms with Crippen LogP contribution in [0.1, 0.15) is 36.8 Å². The van der Waals surface area contributed by atoms with Crippen molar-refractivity contribution in [2.75, 3.05) is 6.54 Å². The standard InChI is InChI=1S/C17H20N2O2/c20-16-15-9-13-7-3-4-8-14(13)11-18(15)17(21)19(16)10-12-5-1-2-6-12/h3-4,7-8,12,15H,1-2,5-6,9-11H2. The SMILES string of the molecule is O=C1C2Cc3ccccc3CN2C(=O)N1CC1CCCC1. The first kappa shape index (κ1) is 12.9. The highest BCUT2D eigenvalue weighted by Crippen LogP contribution is 2.32. The van der Waals surface area contributed by atoms with E-state index in [1.165, 1.54) is 28.9 Å². The van der Waals surface area contributed by atoms with Gasteiger partial charge in [-0.15, -0.1) is 0 Å². The van der Waals surface area contributed by atoms with E-state index in [2.05, 4.69) is 12.1 Å². The van der Waals surface area contributed by atoms with E-state index in [9.17, 15) is 9.59 Å². The summed E-state index contributed by atoms with van der Waals surface area (Å²) >= 11 is 0. The summed E-state index contributed by atoms with van der Waals surface area (Å²) in [4.78, 5) is 28.5. The Morgan fingerprint density at radius 2 is 1.76 bits per heavy atom. The first-order valence-corrected chi connectivity index (χ1v) is 7.93. The Labute approximate surface area is 124 Å². The van der Waals surface area contributed by atoms with Crippen LogP contribution in [0.15, 0.2) is 24.3 Å². The summed E-state index contributed by atoms with van der Waals surface area (Å²) < 4.78 is 0. The molecule has 1 aromatic rings. The molecule has 2 heterocycles. The first-order valence-electron chi connectivity index (χ1n) is 7.93. The van der Waals surface area contributed by atoms with Gasteiger partial charge in [-0.05, 0) is 29.9 Å². The van der Waals surface area contributed by atoms with E-state index < -0.39 is 0 Å². The highest BCUT2D eigenvalue weighted by Gasteiger charge is 2.47. The van der Waals surface area contributed by atoms with Gasteiger partial charge in [0.05, 0.1) is 0 Å². The summed E-state index contributed by atoms with van der Waals surface area (Å²) in [7, 11) is 0. The molecular formula is C17H20N2O2. The van der Waals surface area contributed by atoms with Gasteiger partial charge in [-0.3, -0.25) is 9.69 Å². The molecule has 0 N–H and O–H groups in total. The molecule has 0 spiro atoms. The van der Waals surface area contributed by atoms with Gasteiger partial charge >= 0.3 is 6.03 Å². The highest BCUT2D eigenvalue weighted by molar-refractivity contribution is 6.04. The lowest BCUT2D eigenvalue weighted by Crippen LogP contribution is -2.40. The molecule has 4 heteroatoms. The van der Waals surface area contributed by atoms with E-state index in [1.807, 2.05) is 12.1 Å².